The Morgan fingerprint density at radius 3 is 2.17 bits per heavy atom. The summed E-state index contributed by atoms with van der Waals surface area (Å²) in [5.74, 6) is -0.819. The lowest BCUT2D eigenvalue weighted by Gasteiger charge is -2.32. The number of carbonyl (C=O) groups excluding carboxylic acids is 1. The summed E-state index contributed by atoms with van der Waals surface area (Å²) in [6.45, 7) is 6.48. The number of carboxylic acids is 1. The van der Waals surface area contributed by atoms with Gasteiger partial charge in [-0.25, -0.2) is 4.79 Å². The van der Waals surface area contributed by atoms with E-state index in [0.29, 0.717) is 0 Å². The fourth-order valence-corrected chi connectivity index (χ4v) is 3.41. The zero-order chi connectivity index (χ0) is 22.0. The topological polar surface area (TPSA) is 69.6 Å². The van der Waals surface area contributed by atoms with Crippen molar-refractivity contribution in [1.29, 1.82) is 0 Å². The molecule has 158 valence electrons. The van der Waals surface area contributed by atoms with Crippen LogP contribution in [0.25, 0.3) is 10.8 Å². The summed E-state index contributed by atoms with van der Waals surface area (Å²) in [4.78, 5) is 24.3. The van der Waals surface area contributed by atoms with E-state index in [9.17, 15) is 9.59 Å². The van der Waals surface area contributed by atoms with E-state index in [2.05, 4.69) is 116 Å². The van der Waals surface area contributed by atoms with E-state index in [1.54, 1.807) is 0 Å². The molecule has 5 nitrogen and oxygen atoms in total. The van der Waals surface area contributed by atoms with Gasteiger partial charge < -0.3 is 10.0 Å². The van der Waals surface area contributed by atoms with Crippen LogP contribution in [0.2, 0.25) is 0 Å². The van der Waals surface area contributed by atoms with Crippen LogP contribution in [-0.4, -0.2) is 43.3 Å². The van der Waals surface area contributed by atoms with E-state index in [0.717, 1.165) is 6.42 Å². The molecule has 1 aliphatic heterocycles. The van der Waals surface area contributed by atoms with Crippen LogP contribution in [0.3, 0.4) is 0 Å². The number of aliphatic carboxylic acids is 1. The number of alkyl halides is 3. The Balaban J connectivity index is 0.000000370. The number of fused-ring (bicyclic) bond motifs is 1. The molecule has 2 aromatic rings. The van der Waals surface area contributed by atoms with E-state index in [4.69, 9.17) is 5.11 Å². The van der Waals surface area contributed by atoms with Crippen LogP contribution in [0.1, 0.15) is 26.3 Å². The minimum Gasteiger partial charge on any atom is -0.479 e. The lowest BCUT2D eigenvalue weighted by atomic mass is 9.92. The predicted molar refractivity (Wildman–Crippen MR) is 128 cm³/mol. The molecule has 0 spiro atoms. The smallest absolute Gasteiger partial charge is 0.342 e. The number of nitrogens with zero attached hydrogens (tertiary/aromatic N) is 1. The van der Waals surface area contributed by atoms with Crippen LogP contribution in [0.15, 0.2) is 42.5 Å². The van der Waals surface area contributed by atoms with Crippen molar-refractivity contribution in [3.05, 3.63) is 48.0 Å². The highest BCUT2D eigenvalue weighted by Gasteiger charge is 2.42. The van der Waals surface area contributed by atoms with Crippen LogP contribution < -0.4 is 5.32 Å². The monoisotopic (exact) mass is 590 g/mol. The summed E-state index contributed by atoms with van der Waals surface area (Å²) in [6, 6.07) is 14.5. The van der Waals surface area contributed by atoms with E-state index in [-0.39, 0.29) is 23.5 Å². The van der Waals surface area contributed by atoms with Crippen molar-refractivity contribution in [3.63, 3.8) is 0 Å². The molecule has 1 aliphatic rings. The first-order chi connectivity index (χ1) is 13.3. The molecule has 0 aromatic heterocycles. The molecule has 0 radical (unpaired) electrons. The minimum absolute atomic E-state index is 0.0257. The number of benzene rings is 2. The fourth-order valence-electron chi connectivity index (χ4n) is 3.41. The van der Waals surface area contributed by atoms with Crippen LogP contribution >= 0.6 is 47.8 Å². The van der Waals surface area contributed by atoms with Crippen molar-refractivity contribution in [2.75, 3.05) is 7.05 Å². The first-order valence-corrected chi connectivity index (χ1v) is 11.5. The molecule has 1 heterocycles. The first-order valence-electron chi connectivity index (χ1n) is 9.12. The number of halogens is 3. The van der Waals surface area contributed by atoms with E-state index in [1.807, 2.05) is 11.9 Å². The Morgan fingerprint density at radius 1 is 1.10 bits per heavy atom. The zero-order valence-corrected chi connectivity index (χ0v) is 21.5. The van der Waals surface area contributed by atoms with Gasteiger partial charge in [-0.05, 0) is 76.0 Å². The minimum atomic E-state index is -1.15. The second kappa shape index (κ2) is 9.45. The third-order valence-corrected chi connectivity index (χ3v) is 5.78. The molecule has 0 bridgehead atoms. The van der Waals surface area contributed by atoms with Gasteiger partial charge >= 0.3 is 5.97 Å². The highest BCUT2D eigenvalue weighted by Crippen LogP contribution is 2.33. The molecule has 0 unspecified atom stereocenters. The van der Waals surface area contributed by atoms with Crippen molar-refractivity contribution in [1.82, 2.24) is 10.2 Å². The second-order valence-electron chi connectivity index (χ2n) is 8.08. The van der Waals surface area contributed by atoms with E-state index in [1.165, 1.54) is 16.3 Å². The van der Waals surface area contributed by atoms with Gasteiger partial charge in [-0.2, -0.15) is 0 Å². The Hall–Kier alpha value is -0.960. The third kappa shape index (κ3) is 6.26. The molecular formula is C21H25Br3N2O3. The summed E-state index contributed by atoms with van der Waals surface area (Å²) in [5, 5.41) is 14.1. The van der Waals surface area contributed by atoms with E-state index < -0.39 is 8.11 Å². The van der Waals surface area contributed by atoms with Gasteiger partial charge in [-0.1, -0.05) is 63.2 Å². The van der Waals surface area contributed by atoms with Gasteiger partial charge in [0.1, 0.15) is 0 Å². The Labute approximate surface area is 196 Å². The Morgan fingerprint density at radius 2 is 1.66 bits per heavy atom. The van der Waals surface area contributed by atoms with Crippen molar-refractivity contribution in [3.8, 4) is 0 Å². The molecule has 2 aromatic carbocycles. The van der Waals surface area contributed by atoms with Gasteiger partial charge in [0, 0.05) is 7.05 Å². The number of carbonyl (C=O) groups is 2. The quantitative estimate of drug-likeness (QED) is 0.477. The Kier molecular flexibility index (Phi) is 7.92. The summed E-state index contributed by atoms with van der Waals surface area (Å²) in [7, 11) is 1.90. The lowest BCUT2D eigenvalue weighted by Crippen LogP contribution is -2.45. The van der Waals surface area contributed by atoms with Gasteiger partial charge in [0.2, 0.25) is 8.05 Å². The number of amides is 1. The van der Waals surface area contributed by atoms with Crippen LogP contribution in [0, 0.1) is 5.41 Å². The maximum absolute atomic E-state index is 12.6. The van der Waals surface area contributed by atoms with Crippen molar-refractivity contribution >= 4 is 70.4 Å². The third-order valence-electron chi connectivity index (χ3n) is 4.76. The molecule has 3 rings (SSSR count). The molecule has 29 heavy (non-hydrogen) atoms. The number of rotatable bonds is 2. The van der Waals surface area contributed by atoms with Gasteiger partial charge in [0.05, 0.1) is 12.2 Å². The molecule has 2 N–H and O–H groups in total. The summed E-state index contributed by atoms with van der Waals surface area (Å²) < 4.78 is -1.15. The molecule has 8 heteroatoms. The molecule has 0 saturated carbocycles. The number of hydrogen-bond donors (Lipinski definition) is 2. The fraction of sp³-hybridized carbons (Fsp3) is 0.429. The zero-order valence-electron chi connectivity index (χ0n) is 16.7. The van der Waals surface area contributed by atoms with Crippen LogP contribution in [0.5, 0.6) is 0 Å². The lowest BCUT2D eigenvalue weighted by molar-refractivity contribution is -0.135. The predicted octanol–water partition coefficient (Wildman–Crippen LogP) is 5.09. The number of likely N-dealkylation sites (N-methyl/N-ethyl adjacent to an activating group) is 1. The van der Waals surface area contributed by atoms with Crippen molar-refractivity contribution in [2.45, 2.75) is 41.5 Å². The second-order valence-corrected chi connectivity index (χ2v) is 14.8. The first kappa shape index (κ1) is 24.3. The summed E-state index contributed by atoms with van der Waals surface area (Å²) in [5.41, 5.74) is 1.25. The summed E-state index contributed by atoms with van der Waals surface area (Å²) >= 11 is 8.33. The molecule has 2 atom stereocenters. The average molecular weight is 593 g/mol. The molecule has 1 saturated heterocycles. The van der Waals surface area contributed by atoms with Gasteiger partial charge in [-0.15, -0.1) is 0 Å². The normalized spacial score (nSPS) is 19.8. The van der Waals surface area contributed by atoms with Gasteiger partial charge in [-0.3, -0.25) is 10.1 Å². The number of hydrogen-bond acceptors (Lipinski definition) is 3. The number of carboxylic acid groups (broad SMARTS) is 1. The maximum atomic E-state index is 12.6. The number of nitrogens with one attached hydrogen (secondary N) is 1. The van der Waals surface area contributed by atoms with Crippen molar-refractivity contribution < 1.29 is 14.7 Å². The average Bonchev–Trinajstić information content (AvgIpc) is 2.90. The Bertz CT molecular complexity index is 885. The standard InChI is InChI=1S/C19H24N2O.C2HBr3O2/c1-19(2,3)18-20-16(17(22)21(18)4)12-14-10-7-9-13-8-5-6-11-15(13)14;3-2(4,5)1(6)7/h5-11,16,18,20H,12H2,1-4H3;(H,6,7)/t16-,18-;/m1./s1. The molecule has 0 aliphatic carbocycles. The molecule has 1 amide bonds. The van der Waals surface area contributed by atoms with Gasteiger partial charge in [0.25, 0.3) is 0 Å². The molecular weight excluding hydrogens is 568 g/mol. The largest absolute Gasteiger partial charge is 0.479 e. The summed E-state index contributed by atoms with van der Waals surface area (Å²) in [6.07, 6.45) is 0.817. The van der Waals surface area contributed by atoms with E-state index >= 15 is 0 Å². The van der Waals surface area contributed by atoms with Crippen molar-refractivity contribution in [2.24, 2.45) is 5.41 Å². The maximum Gasteiger partial charge on any atom is 0.342 e. The van der Waals surface area contributed by atoms with Crippen LogP contribution in [-0.2, 0) is 16.0 Å². The molecule has 1 fully saturated rings. The SMILES string of the molecule is CN1C(=O)[C@@H](Cc2cccc3ccccc23)N[C@H]1C(C)(C)C.O=C(O)C(Br)(Br)Br. The van der Waals surface area contributed by atoms with Gasteiger partial charge in [0.15, 0.2) is 0 Å². The van der Waals surface area contributed by atoms with Crippen LogP contribution in [0.4, 0.5) is 0 Å². The highest BCUT2D eigenvalue weighted by atomic mass is 80.0. The highest BCUT2D eigenvalue weighted by molar-refractivity contribution is 9.40.